The molecule has 0 saturated heterocycles. The number of sulfonamides is 1. The van der Waals surface area contributed by atoms with Crippen molar-refractivity contribution in [3.63, 3.8) is 0 Å². The van der Waals surface area contributed by atoms with E-state index in [1.165, 1.54) is 13.1 Å². The molecule has 2 heterocycles. The number of hydrogen-bond donors (Lipinski definition) is 3. The molecule has 23 heavy (non-hydrogen) atoms. The number of pyridine rings is 1. The van der Waals surface area contributed by atoms with Crippen molar-refractivity contribution in [2.24, 2.45) is 7.05 Å². The summed E-state index contributed by atoms with van der Waals surface area (Å²) in [7, 11) is -0.534. The molecule has 9 nitrogen and oxygen atoms in total. The van der Waals surface area contributed by atoms with Crippen LogP contribution in [0.15, 0.2) is 26.7 Å². The smallest absolute Gasteiger partial charge is 0.320 e. The highest BCUT2D eigenvalue weighted by molar-refractivity contribution is 7.89. The predicted octanol–water partition coefficient (Wildman–Crippen LogP) is -1.07. The predicted molar refractivity (Wildman–Crippen MR) is 88.6 cm³/mol. The van der Waals surface area contributed by atoms with Crippen LogP contribution in [0.2, 0.25) is 0 Å². The maximum atomic E-state index is 12.1. The quantitative estimate of drug-likeness (QED) is 0.561. The fourth-order valence-corrected chi connectivity index (χ4v) is 2.96. The molecule has 0 radical (unpaired) electrons. The number of nitrogens with one attached hydrogen (secondary N) is 3. The molecule has 0 spiro atoms. The van der Waals surface area contributed by atoms with Gasteiger partial charge in [0.1, 0.15) is 10.5 Å². The molecule has 3 N–H and O–H groups in total. The van der Waals surface area contributed by atoms with Crippen molar-refractivity contribution in [2.75, 3.05) is 20.1 Å². The van der Waals surface area contributed by atoms with Gasteiger partial charge < -0.3 is 5.32 Å². The maximum Gasteiger partial charge on any atom is 0.329 e. The highest BCUT2D eigenvalue weighted by atomic mass is 35.5. The largest absolute Gasteiger partial charge is 0.329 e. The third-order valence-corrected chi connectivity index (χ3v) is 4.56. The molecular formula is C12H18ClN5O4S. The number of H-pyrrole nitrogens is 1. The molecule has 11 heteroatoms. The molecule has 0 bridgehead atoms. The molecule has 0 aliphatic heterocycles. The lowest BCUT2D eigenvalue weighted by molar-refractivity contribution is 0.577. The van der Waals surface area contributed by atoms with Crippen molar-refractivity contribution in [1.29, 1.82) is 0 Å². The van der Waals surface area contributed by atoms with Gasteiger partial charge >= 0.3 is 5.69 Å². The summed E-state index contributed by atoms with van der Waals surface area (Å²) < 4.78 is 27.9. The lowest BCUT2D eigenvalue weighted by Gasteiger charge is -2.08. The van der Waals surface area contributed by atoms with Crippen LogP contribution in [0.25, 0.3) is 11.0 Å². The summed E-state index contributed by atoms with van der Waals surface area (Å²) >= 11 is 0. The van der Waals surface area contributed by atoms with Gasteiger partial charge in [-0.2, -0.15) is 0 Å². The van der Waals surface area contributed by atoms with E-state index < -0.39 is 21.3 Å². The second-order valence-corrected chi connectivity index (χ2v) is 6.48. The van der Waals surface area contributed by atoms with Crippen LogP contribution in [0, 0.1) is 0 Å². The molecule has 0 unspecified atom stereocenters. The summed E-state index contributed by atoms with van der Waals surface area (Å²) in [6, 6.07) is 1.21. The van der Waals surface area contributed by atoms with Gasteiger partial charge in [0.05, 0.1) is 5.39 Å². The first kappa shape index (κ1) is 19.3. The summed E-state index contributed by atoms with van der Waals surface area (Å²) in [4.78, 5) is 29.2. The summed E-state index contributed by atoms with van der Waals surface area (Å²) in [5, 5.41) is 2.95. The van der Waals surface area contributed by atoms with Gasteiger partial charge in [-0.05, 0) is 26.1 Å². The number of aromatic nitrogens is 3. The van der Waals surface area contributed by atoms with Gasteiger partial charge in [0.15, 0.2) is 0 Å². The van der Waals surface area contributed by atoms with E-state index in [2.05, 4.69) is 20.0 Å². The molecule has 2 aromatic heterocycles. The highest BCUT2D eigenvalue weighted by Crippen LogP contribution is 2.12. The van der Waals surface area contributed by atoms with E-state index >= 15 is 0 Å². The summed E-state index contributed by atoms with van der Waals surface area (Å²) in [6.07, 6.45) is 1.76. The maximum absolute atomic E-state index is 12.1. The van der Waals surface area contributed by atoms with Gasteiger partial charge in [-0.1, -0.05) is 0 Å². The number of aryl methyl sites for hydroxylation is 1. The SMILES string of the molecule is CNCCCNS(=O)(=O)c1cnc2c(c1)c(=O)[nH]c(=O)n2C.Cl. The van der Waals surface area contributed by atoms with E-state index in [0.29, 0.717) is 13.0 Å². The first-order chi connectivity index (χ1) is 10.4. The molecule has 0 aromatic carbocycles. The van der Waals surface area contributed by atoms with E-state index in [-0.39, 0.29) is 34.9 Å². The van der Waals surface area contributed by atoms with Crippen LogP contribution in [0.1, 0.15) is 6.42 Å². The Bertz CT molecular complexity index is 906. The molecule has 0 atom stereocenters. The minimum atomic E-state index is -3.75. The van der Waals surface area contributed by atoms with Crippen molar-refractivity contribution < 1.29 is 8.42 Å². The van der Waals surface area contributed by atoms with Gasteiger partial charge in [0, 0.05) is 19.8 Å². The van der Waals surface area contributed by atoms with Gasteiger partial charge in [-0.3, -0.25) is 14.3 Å². The lowest BCUT2D eigenvalue weighted by atomic mass is 10.3. The molecule has 0 aliphatic rings. The average Bonchev–Trinajstić information content (AvgIpc) is 2.49. The Balaban J connectivity index is 0.00000264. The first-order valence-electron chi connectivity index (χ1n) is 6.60. The molecular weight excluding hydrogens is 346 g/mol. The zero-order valence-electron chi connectivity index (χ0n) is 12.6. The van der Waals surface area contributed by atoms with Crippen LogP contribution in [0.4, 0.5) is 0 Å². The Morgan fingerprint density at radius 1 is 1.30 bits per heavy atom. The highest BCUT2D eigenvalue weighted by Gasteiger charge is 2.16. The number of fused-ring (bicyclic) bond motifs is 1. The summed E-state index contributed by atoms with van der Waals surface area (Å²) in [6.45, 7) is 0.950. The molecule has 0 saturated carbocycles. The number of nitrogens with zero attached hydrogens (tertiary/aromatic N) is 2. The third-order valence-electron chi connectivity index (χ3n) is 3.13. The molecule has 2 aromatic rings. The fraction of sp³-hybridized carbons (Fsp3) is 0.417. The van der Waals surface area contributed by atoms with E-state index in [0.717, 1.165) is 10.8 Å². The van der Waals surface area contributed by atoms with Crippen LogP contribution in [0.5, 0.6) is 0 Å². The van der Waals surface area contributed by atoms with Crippen LogP contribution < -0.4 is 21.3 Å². The molecule has 0 amide bonds. The van der Waals surface area contributed by atoms with E-state index in [1.54, 1.807) is 7.05 Å². The Morgan fingerprint density at radius 3 is 2.65 bits per heavy atom. The number of halogens is 1. The Hall–Kier alpha value is -1.75. The van der Waals surface area contributed by atoms with Crippen LogP contribution >= 0.6 is 12.4 Å². The molecule has 128 valence electrons. The van der Waals surface area contributed by atoms with Crippen molar-refractivity contribution in [1.82, 2.24) is 24.6 Å². The van der Waals surface area contributed by atoms with Crippen LogP contribution in [-0.2, 0) is 17.1 Å². The van der Waals surface area contributed by atoms with Gasteiger partial charge in [-0.25, -0.2) is 22.9 Å². The average molecular weight is 364 g/mol. The second-order valence-electron chi connectivity index (χ2n) is 4.72. The van der Waals surface area contributed by atoms with Crippen LogP contribution in [0.3, 0.4) is 0 Å². The third kappa shape index (κ3) is 4.16. The zero-order valence-corrected chi connectivity index (χ0v) is 14.3. The van der Waals surface area contributed by atoms with E-state index in [9.17, 15) is 18.0 Å². The molecule has 0 fully saturated rings. The second kappa shape index (κ2) is 7.68. The van der Waals surface area contributed by atoms with Crippen molar-refractivity contribution >= 4 is 33.5 Å². The minimum absolute atomic E-state index is 0. The number of rotatable bonds is 6. The Labute approximate surface area is 138 Å². The number of aromatic amines is 1. The topological polar surface area (TPSA) is 126 Å². The van der Waals surface area contributed by atoms with Gasteiger partial charge in [-0.15, -0.1) is 12.4 Å². The Morgan fingerprint density at radius 2 is 2.00 bits per heavy atom. The summed E-state index contributed by atoms with van der Waals surface area (Å²) in [5.74, 6) is 0. The van der Waals surface area contributed by atoms with Gasteiger partial charge in [0.2, 0.25) is 10.0 Å². The number of hydrogen-bond acceptors (Lipinski definition) is 6. The monoisotopic (exact) mass is 363 g/mol. The standard InChI is InChI=1S/C12H17N5O4S.ClH/c1-13-4-3-5-15-22(20,21)8-6-9-10(14-7-8)17(2)12(19)16-11(9)18;/h6-7,13,15H,3-5H2,1-2H3,(H,16,18,19);1H. The normalized spacial score (nSPS) is 11.4. The molecule has 2 rings (SSSR count). The van der Waals surface area contributed by atoms with Crippen LogP contribution in [-0.4, -0.2) is 43.1 Å². The fourth-order valence-electron chi connectivity index (χ4n) is 1.92. The van der Waals surface area contributed by atoms with E-state index in [1.807, 2.05) is 0 Å². The van der Waals surface area contributed by atoms with E-state index in [4.69, 9.17) is 0 Å². The lowest BCUT2D eigenvalue weighted by Crippen LogP contribution is -2.30. The summed E-state index contributed by atoms with van der Waals surface area (Å²) in [5.41, 5.74) is -1.15. The molecule has 0 aliphatic carbocycles. The van der Waals surface area contributed by atoms with Crippen molar-refractivity contribution in [3.8, 4) is 0 Å². The Kier molecular flexibility index (Phi) is 6.45. The zero-order chi connectivity index (χ0) is 16.3. The van der Waals surface area contributed by atoms with Crippen molar-refractivity contribution in [2.45, 2.75) is 11.3 Å². The van der Waals surface area contributed by atoms with Crippen molar-refractivity contribution in [3.05, 3.63) is 33.1 Å². The van der Waals surface area contributed by atoms with Gasteiger partial charge in [0.25, 0.3) is 5.56 Å². The minimum Gasteiger partial charge on any atom is -0.320 e. The first-order valence-corrected chi connectivity index (χ1v) is 8.08.